The van der Waals surface area contributed by atoms with Crippen molar-refractivity contribution in [1.82, 2.24) is 9.78 Å². The number of aryl methyl sites for hydroxylation is 3. The van der Waals surface area contributed by atoms with Gasteiger partial charge in [0.25, 0.3) is 0 Å². The molecule has 1 aliphatic carbocycles. The van der Waals surface area contributed by atoms with Crippen LogP contribution in [0.3, 0.4) is 0 Å². The van der Waals surface area contributed by atoms with Crippen LogP contribution in [0, 0.1) is 23.7 Å². The van der Waals surface area contributed by atoms with E-state index in [1.54, 1.807) is 4.68 Å². The minimum atomic E-state index is -0.0368. The number of benzene rings is 2. The van der Waals surface area contributed by atoms with Crippen LogP contribution in [-0.4, -0.2) is 16.0 Å². The number of hydrogen-bond acceptors (Lipinski definition) is 5. The second-order valence-corrected chi connectivity index (χ2v) is 7.34. The molecule has 29 heavy (non-hydrogen) atoms. The van der Waals surface area contributed by atoms with E-state index in [4.69, 9.17) is 15.4 Å². The topological polar surface area (TPSA) is 86.7 Å². The highest BCUT2D eigenvalue weighted by Crippen LogP contribution is 2.35. The molecule has 0 saturated heterocycles. The standard InChI is InChI=1S/C23H23N5O/c1-15-22(14-28(2)27-15)26-21-11-19(8-7-18(21)13-25)29-23-5-3-4-17-10-16(12-24)6-9-20(17)23/h6-11,13-14,23,25-26H,3-5H2,1-2H3. The highest BCUT2D eigenvalue weighted by molar-refractivity contribution is 5.88. The molecule has 0 aliphatic heterocycles. The predicted octanol–water partition coefficient (Wildman–Crippen LogP) is 4.80. The van der Waals surface area contributed by atoms with Crippen LogP contribution < -0.4 is 10.1 Å². The monoisotopic (exact) mass is 385 g/mol. The Morgan fingerprint density at radius 2 is 2.14 bits per heavy atom. The van der Waals surface area contributed by atoms with Gasteiger partial charge in [-0.3, -0.25) is 4.68 Å². The molecule has 1 unspecified atom stereocenters. The molecule has 3 aromatic rings. The number of fused-ring (bicyclic) bond motifs is 1. The van der Waals surface area contributed by atoms with Crippen LogP contribution in [0.25, 0.3) is 0 Å². The van der Waals surface area contributed by atoms with Gasteiger partial charge < -0.3 is 15.5 Å². The van der Waals surface area contributed by atoms with Crippen molar-refractivity contribution in [2.45, 2.75) is 32.3 Å². The third kappa shape index (κ3) is 3.85. The van der Waals surface area contributed by atoms with Gasteiger partial charge in [-0.25, -0.2) is 0 Å². The number of aromatic nitrogens is 2. The molecule has 0 amide bonds. The summed E-state index contributed by atoms with van der Waals surface area (Å²) in [6.45, 7) is 1.95. The summed E-state index contributed by atoms with van der Waals surface area (Å²) in [5, 5.41) is 24.6. The van der Waals surface area contributed by atoms with Gasteiger partial charge in [0, 0.05) is 31.1 Å². The van der Waals surface area contributed by atoms with E-state index in [9.17, 15) is 0 Å². The zero-order chi connectivity index (χ0) is 20.4. The Balaban J connectivity index is 1.61. The highest BCUT2D eigenvalue weighted by Gasteiger charge is 2.22. The van der Waals surface area contributed by atoms with E-state index in [0.717, 1.165) is 53.2 Å². The first-order chi connectivity index (χ1) is 14.1. The number of rotatable bonds is 5. The van der Waals surface area contributed by atoms with Crippen molar-refractivity contribution in [2.75, 3.05) is 5.32 Å². The Labute approximate surface area is 170 Å². The summed E-state index contributed by atoms with van der Waals surface area (Å²) in [4.78, 5) is 0. The summed E-state index contributed by atoms with van der Waals surface area (Å²) in [7, 11) is 1.88. The van der Waals surface area contributed by atoms with Crippen LogP contribution in [0.2, 0.25) is 0 Å². The molecule has 1 aliphatic rings. The first-order valence-corrected chi connectivity index (χ1v) is 9.69. The van der Waals surface area contributed by atoms with E-state index in [2.05, 4.69) is 16.5 Å². The molecule has 2 aromatic carbocycles. The maximum Gasteiger partial charge on any atom is 0.124 e. The molecule has 0 radical (unpaired) electrons. The van der Waals surface area contributed by atoms with Gasteiger partial charge in [-0.2, -0.15) is 10.4 Å². The quantitative estimate of drug-likeness (QED) is 0.618. The molecule has 0 bridgehead atoms. The van der Waals surface area contributed by atoms with Crippen LogP contribution in [0.4, 0.5) is 11.4 Å². The number of nitrogens with zero attached hydrogens (tertiary/aromatic N) is 3. The number of anilines is 2. The Kier molecular flexibility index (Phi) is 5.05. The van der Waals surface area contributed by atoms with E-state index < -0.39 is 0 Å². The molecule has 2 N–H and O–H groups in total. The number of nitrogens with one attached hydrogen (secondary N) is 2. The molecular formula is C23H23N5O. The summed E-state index contributed by atoms with van der Waals surface area (Å²) in [5.74, 6) is 0.752. The van der Waals surface area contributed by atoms with Gasteiger partial charge in [-0.1, -0.05) is 6.07 Å². The molecule has 1 heterocycles. The third-order valence-electron chi connectivity index (χ3n) is 5.27. The Morgan fingerprint density at radius 1 is 1.28 bits per heavy atom. The lowest BCUT2D eigenvalue weighted by molar-refractivity contribution is 0.183. The normalized spacial score (nSPS) is 15.3. The first kappa shape index (κ1) is 18.8. The van der Waals surface area contributed by atoms with Crippen molar-refractivity contribution in [3.05, 3.63) is 70.5 Å². The van der Waals surface area contributed by atoms with E-state index >= 15 is 0 Å². The zero-order valence-corrected chi connectivity index (χ0v) is 16.6. The van der Waals surface area contributed by atoms with Crippen LogP contribution in [0.15, 0.2) is 42.6 Å². The maximum atomic E-state index is 9.15. The average Bonchev–Trinajstić information content (AvgIpc) is 3.04. The van der Waals surface area contributed by atoms with Crippen LogP contribution in [0.5, 0.6) is 5.75 Å². The fourth-order valence-corrected chi connectivity index (χ4v) is 3.84. The summed E-state index contributed by atoms with van der Waals surface area (Å²) in [6.07, 6.45) is 6.16. The molecule has 1 atom stereocenters. The summed E-state index contributed by atoms with van der Waals surface area (Å²) < 4.78 is 8.11. The molecular weight excluding hydrogens is 362 g/mol. The van der Waals surface area contributed by atoms with Crippen LogP contribution in [0.1, 0.15) is 46.9 Å². The third-order valence-corrected chi connectivity index (χ3v) is 5.27. The molecule has 6 heteroatoms. The molecule has 146 valence electrons. The van der Waals surface area contributed by atoms with Crippen molar-refractivity contribution in [1.29, 1.82) is 10.7 Å². The lowest BCUT2D eigenvalue weighted by atomic mass is 9.88. The van der Waals surface area contributed by atoms with Crippen LogP contribution in [-0.2, 0) is 13.5 Å². The SMILES string of the molecule is Cc1nn(C)cc1Nc1cc(OC2CCCc3cc(C#N)ccc32)ccc1C=N. The second-order valence-electron chi connectivity index (χ2n) is 7.34. The van der Waals surface area contributed by atoms with Gasteiger partial charge >= 0.3 is 0 Å². The molecule has 0 spiro atoms. The molecule has 0 fully saturated rings. The van der Waals surface area contributed by atoms with Gasteiger partial charge in [-0.15, -0.1) is 0 Å². The molecule has 6 nitrogen and oxygen atoms in total. The summed E-state index contributed by atoms with van der Waals surface area (Å²) >= 11 is 0. The number of ether oxygens (including phenoxy) is 1. The Hall–Kier alpha value is -3.59. The van der Waals surface area contributed by atoms with Crippen molar-refractivity contribution >= 4 is 17.6 Å². The smallest absolute Gasteiger partial charge is 0.124 e. The molecule has 1 aromatic heterocycles. The fraction of sp³-hybridized carbons (Fsp3) is 0.261. The van der Waals surface area contributed by atoms with Gasteiger partial charge in [0.2, 0.25) is 0 Å². The van der Waals surface area contributed by atoms with Crippen molar-refractivity contribution in [3.8, 4) is 11.8 Å². The summed E-state index contributed by atoms with van der Waals surface area (Å²) in [6, 6.07) is 13.8. The van der Waals surface area contributed by atoms with Gasteiger partial charge in [0.1, 0.15) is 11.9 Å². The predicted molar refractivity (Wildman–Crippen MR) is 113 cm³/mol. The summed E-state index contributed by atoms with van der Waals surface area (Å²) in [5.41, 5.74) is 6.43. The first-order valence-electron chi connectivity index (χ1n) is 9.69. The van der Waals surface area contributed by atoms with Gasteiger partial charge in [-0.05, 0) is 61.6 Å². The largest absolute Gasteiger partial charge is 0.486 e. The van der Waals surface area contributed by atoms with Gasteiger partial charge in [0.05, 0.1) is 28.7 Å². The number of hydrogen-bond donors (Lipinski definition) is 2. The number of nitriles is 1. The van der Waals surface area contributed by atoms with Crippen molar-refractivity contribution in [2.24, 2.45) is 7.05 Å². The van der Waals surface area contributed by atoms with Gasteiger partial charge in [0.15, 0.2) is 0 Å². The fourth-order valence-electron chi connectivity index (χ4n) is 3.84. The van der Waals surface area contributed by atoms with Crippen molar-refractivity contribution < 1.29 is 4.74 Å². The van der Waals surface area contributed by atoms with E-state index in [-0.39, 0.29) is 6.10 Å². The molecule has 0 saturated carbocycles. The Bertz CT molecular complexity index is 1110. The van der Waals surface area contributed by atoms with E-state index in [1.165, 1.54) is 11.8 Å². The Morgan fingerprint density at radius 3 is 2.86 bits per heavy atom. The minimum Gasteiger partial charge on any atom is -0.486 e. The minimum absolute atomic E-state index is 0.0368. The van der Waals surface area contributed by atoms with E-state index in [1.807, 2.05) is 56.6 Å². The maximum absolute atomic E-state index is 9.15. The van der Waals surface area contributed by atoms with Crippen molar-refractivity contribution in [3.63, 3.8) is 0 Å². The van der Waals surface area contributed by atoms with E-state index in [0.29, 0.717) is 5.56 Å². The van der Waals surface area contributed by atoms with Crippen LogP contribution >= 0.6 is 0 Å². The lowest BCUT2D eigenvalue weighted by Gasteiger charge is -2.27. The average molecular weight is 385 g/mol. The lowest BCUT2D eigenvalue weighted by Crippen LogP contribution is -2.15. The molecule has 4 rings (SSSR count). The zero-order valence-electron chi connectivity index (χ0n) is 16.6. The second kappa shape index (κ2) is 7.80. The highest BCUT2D eigenvalue weighted by atomic mass is 16.5.